The number of fused-ring (bicyclic) bond motifs is 1. The van der Waals surface area contributed by atoms with Gasteiger partial charge in [-0.2, -0.15) is 5.26 Å². The minimum Gasteiger partial charge on any atom is -0.494 e. The highest BCUT2D eigenvalue weighted by molar-refractivity contribution is 5.44. The Hall–Kier alpha value is -2.71. The van der Waals surface area contributed by atoms with E-state index in [0.717, 1.165) is 47.9 Å². The predicted octanol–water partition coefficient (Wildman–Crippen LogP) is 3.39. The summed E-state index contributed by atoms with van der Waals surface area (Å²) in [5.41, 5.74) is 2.32. The van der Waals surface area contributed by atoms with Gasteiger partial charge in [-0.25, -0.2) is 0 Å². The molecule has 0 aromatic heterocycles. The van der Waals surface area contributed by atoms with E-state index < -0.39 is 0 Å². The Labute approximate surface area is 141 Å². The lowest BCUT2D eigenvalue weighted by Crippen LogP contribution is -2.12. The normalized spacial score (nSPS) is 12.0. The summed E-state index contributed by atoms with van der Waals surface area (Å²) in [5.74, 6) is 2.46. The molecule has 24 heavy (non-hydrogen) atoms. The van der Waals surface area contributed by atoms with Gasteiger partial charge in [0.15, 0.2) is 11.5 Å². The molecule has 0 amide bonds. The lowest BCUT2D eigenvalue weighted by atomic mass is 10.2. The van der Waals surface area contributed by atoms with Gasteiger partial charge in [-0.15, -0.1) is 0 Å². The minimum atomic E-state index is 0.299. The van der Waals surface area contributed by atoms with Crippen LogP contribution < -0.4 is 19.5 Å². The fourth-order valence-corrected chi connectivity index (χ4v) is 2.49. The Morgan fingerprint density at radius 3 is 2.75 bits per heavy atom. The summed E-state index contributed by atoms with van der Waals surface area (Å²) < 4.78 is 16.4. The van der Waals surface area contributed by atoms with Gasteiger partial charge in [-0.3, -0.25) is 0 Å². The Kier molecular flexibility index (Phi) is 5.54. The molecule has 2 aromatic rings. The summed E-state index contributed by atoms with van der Waals surface area (Å²) in [4.78, 5) is 0. The van der Waals surface area contributed by atoms with Crippen molar-refractivity contribution in [3.05, 3.63) is 53.6 Å². The molecule has 0 bridgehead atoms. The first-order chi connectivity index (χ1) is 11.8. The zero-order chi connectivity index (χ0) is 16.6. The van der Waals surface area contributed by atoms with Gasteiger partial charge in [0, 0.05) is 19.5 Å². The highest BCUT2D eigenvalue weighted by Gasteiger charge is 2.12. The number of ether oxygens (including phenoxy) is 3. The van der Waals surface area contributed by atoms with Crippen molar-refractivity contribution in [2.45, 2.75) is 25.9 Å². The molecule has 1 heterocycles. The number of rotatable bonds is 8. The first kappa shape index (κ1) is 16.2. The van der Waals surface area contributed by atoms with Crippen LogP contribution in [0.3, 0.4) is 0 Å². The quantitative estimate of drug-likeness (QED) is 0.754. The highest BCUT2D eigenvalue weighted by atomic mass is 16.7. The number of benzene rings is 2. The number of nitrogens with zero attached hydrogens (tertiary/aromatic N) is 1. The number of hydrogen-bond acceptors (Lipinski definition) is 5. The van der Waals surface area contributed by atoms with Crippen molar-refractivity contribution in [3.8, 4) is 23.3 Å². The minimum absolute atomic E-state index is 0.299. The standard InChI is InChI=1S/C19H20N2O3/c20-8-1-2-9-22-17-5-3-4-15(10-17)12-21-13-16-6-7-18-19(11-16)24-14-23-18/h3-7,10-11,21H,1-2,9,12-14H2. The number of nitrogens with one attached hydrogen (secondary N) is 1. The molecule has 5 heteroatoms. The van der Waals surface area contributed by atoms with E-state index in [1.807, 2.05) is 36.4 Å². The predicted molar refractivity (Wildman–Crippen MR) is 89.9 cm³/mol. The Morgan fingerprint density at radius 2 is 1.88 bits per heavy atom. The molecule has 1 N–H and O–H groups in total. The lowest BCUT2D eigenvalue weighted by Gasteiger charge is -2.09. The second-order valence-corrected chi connectivity index (χ2v) is 5.55. The third-order valence-electron chi connectivity index (χ3n) is 3.70. The first-order valence-electron chi connectivity index (χ1n) is 8.03. The molecule has 0 fully saturated rings. The van der Waals surface area contributed by atoms with Gasteiger partial charge in [0.2, 0.25) is 6.79 Å². The highest BCUT2D eigenvalue weighted by Crippen LogP contribution is 2.32. The third-order valence-corrected chi connectivity index (χ3v) is 3.70. The summed E-state index contributed by atoms with van der Waals surface area (Å²) >= 11 is 0. The van der Waals surface area contributed by atoms with Gasteiger partial charge in [-0.05, 0) is 41.8 Å². The largest absolute Gasteiger partial charge is 0.494 e. The van der Waals surface area contributed by atoms with Gasteiger partial charge in [0.25, 0.3) is 0 Å². The first-order valence-corrected chi connectivity index (χ1v) is 8.03. The fourth-order valence-electron chi connectivity index (χ4n) is 2.49. The second-order valence-electron chi connectivity index (χ2n) is 5.55. The molecule has 2 aromatic carbocycles. The van der Waals surface area contributed by atoms with E-state index in [4.69, 9.17) is 19.5 Å². The van der Waals surface area contributed by atoms with Crippen molar-refractivity contribution in [3.63, 3.8) is 0 Å². The summed E-state index contributed by atoms with van der Waals surface area (Å²) in [7, 11) is 0. The van der Waals surface area contributed by atoms with E-state index in [-0.39, 0.29) is 0 Å². The van der Waals surface area contributed by atoms with Gasteiger partial charge in [0.1, 0.15) is 5.75 Å². The maximum Gasteiger partial charge on any atom is 0.231 e. The smallest absolute Gasteiger partial charge is 0.231 e. The molecule has 0 aliphatic carbocycles. The Morgan fingerprint density at radius 1 is 1.04 bits per heavy atom. The zero-order valence-electron chi connectivity index (χ0n) is 13.5. The molecule has 1 aliphatic rings. The van der Waals surface area contributed by atoms with Crippen molar-refractivity contribution in [2.75, 3.05) is 13.4 Å². The number of nitriles is 1. The van der Waals surface area contributed by atoms with Crippen LogP contribution in [0.2, 0.25) is 0 Å². The average molecular weight is 324 g/mol. The van der Waals surface area contributed by atoms with Crippen LogP contribution in [0.4, 0.5) is 0 Å². The summed E-state index contributed by atoms with van der Waals surface area (Å²) in [6.07, 6.45) is 1.28. The van der Waals surface area contributed by atoms with E-state index in [1.165, 1.54) is 0 Å². The zero-order valence-corrected chi connectivity index (χ0v) is 13.5. The number of hydrogen-bond donors (Lipinski definition) is 1. The van der Waals surface area contributed by atoms with Crippen LogP contribution in [-0.4, -0.2) is 13.4 Å². The summed E-state index contributed by atoms with van der Waals surface area (Å²) in [5, 5.41) is 11.9. The summed E-state index contributed by atoms with van der Waals surface area (Å²) in [6.45, 7) is 2.38. The Bertz CT molecular complexity index is 725. The van der Waals surface area contributed by atoms with Crippen LogP contribution in [0.1, 0.15) is 24.0 Å². The van der Waals surface area contributed by atoms with E-state index >= 15 is 0 Å². The molecule has 1 aliphatic heterocycles. The SMILES string of the molecule is N#CCCCOc1cccc(CNCc2ccc3c(c2)OCO3)c1. The molecular weight excluding hydrogens is 304 g/mol. The fraction of sp³-hybridized carbons (Fsp3) is 0.316. The van der Waals surface area contributed by atoms with Crippen molar-refractivity contribution in [2.24, 2.45) is 0 Å². The van der Waals surface area contributed by atoms with E-state index in [0.29, 0.717) is 19.8 Å². The van der Waals surface area contributed by atoms with Crippen LogP contribution in [0.15, 0.2) is 42.5 Å². The van der Waals surface area contributed by atoms with Gasteiger partial charge < -0.3 is 19.5 Å². The molecule has 5 nitrogen and oxygen atoms in total. The average Bonchev–Trinajstić information content (AvgIpc) is 3.07. The molecule has 0 spiro atoms. The molecule has 0 saturated heterocycles. The van der Waals surface area contributed by atoms with Crippen LogP contribution in [-0.2, 0) is 13.1 Å². The number of unbranched alkanes of at least 4 members (excludes halogenated alkanes) is 1. The van der Waals surface area contributed by atoms with Crippen LogP contribution >= 0.6 is 0 Å². The van der Waals surface area contributed by atoms with Crippen LogP contribution in [0.25, 0.3) is 0 Å². The van der Waals surface area contributed by atoms with Crippen molar-refractivity contribution < 1.29 is 14.2 Å². The van der Waals surface area contributed by atoms with Gasteiger partial charge >= 0.3 is 0 Å². The van der Waals surface area contributed by atoms with Crippen LogP contribution in [0.5, 0.6) is 17.2 Å². The van der Waals surface area contributed by atoms with Crippen molar-refractivity contribution in [1.82, 2.24) is 5.32 Å². The van der Waals surface area contributed by atoms with E-state index in [2.05, 4.69) is 17.5 Å². The van der Waals surface area contributed by atoms with E-state index in [9.17, 15) is 0 Å². The third kappa shape index (κ3) is 4.40. The maximum absolute atomic E-state index is 8.52. The molecule has 0 radical (unpaired) electrons. The van der Waals surface area contributed by atoms with Gasteiger partial charge in [-0.1, -0.05) is 18.2 Å². The second kappa shape index (κ2) is 8.23. The maximum atomic E-state index is 8.52. The lowest BCUT2D eigenvalue weighted by molar-refractivity contribution is 0.174. The molecule has 0 unspecified atom stereocenters. The molecule has 0 saturated carbocycles. The van der Waals surface area contributed by atoms with Crippen LogP contribution in [0, 0.1) is 11.3 Å². The van der Waals surface area contributed by atoms with Crippen molar-refractivity contribution in [1.29, 1.82) is 5.26 Å². The van der Waals surface area contributed by atoms with E-state index in [1.54, 1.807) is 0 Å². The van der Waals surface area contributed by atoms with Crippen molar-refractivity contribution >= 4 is 0 Å². The molecule has 3 rings (SSSR count). The summed E-state index contributed by atoms with van der Waals surface area (Å²) in [6, 6.07) is 16.1. The van der Waals surface area contributed by atoms with Gasteiger partial charge in [0.05, 0.1) is 12.7 Å². The Balaban J connectivity index is 1.47. The monoisotopic (exact) mass is 324 g/mol. The molecule has 0 atom stereocenters. The molecular formula is C19H20N2O3. The topological polar surface area (TPSA) is 63.5 Å². The molecule has 124 valence electrons.